The Bertz CT molecular complexity index is 266. The minimum absolute atomic E-state index is 0.209. The zero-order valence-corrected chi connectivity index (χ0v) is 7.60. The van der Waals surface area contributed by atoms with Gasteiger partial charge in [-0.3, -0.25) is 4.98 Å². The highest BCUT2D eigenvalue weighted by Gasteiger charge is 2.09. The van der Waals surface area contributed by atoms with Crippen molar-refractivity contribution in [3.63, 3.8) is 0 Å². The number of rotatable bonds is 4. The monoisotopic (exact) mass is 182 g/mol. The molecule has 72 valence electrons. The second-order valence-electron chi connectivity index (χ2n) is 2.76. The van der Waals surface area contributed by atoms with Crippen molar-refractivity contribution >= 4 is 0 Å². The molecule has 0 spiro atoms. The molecule has 1 aromatic rings. The minimum atomic E-state index is -0.631. The lowest BCUT2D eigenvalue weighted by Gasteiger charge is -2.12. The molecule has 0 aliphatic heterocycles. The smallest absolute Gasteiger partial charge is 0.0916 e. The third-order valence-corrected chi connectivity index (χ3v) is 1.82. The van der Waals surface area contributed by atoms with E-state index in [0.717, 1.165) is 11.1 Å². The summed E-state index contributed by atoms with van der Waals surface area (Å²) in [5.41, 5.74) is 7.03. The number of ether oxygens (including phenoxy) is 1. The topological polar surface area (TPSA) is 68.4 Å². The molecule has 0 fully saturated rings. The zero-order chi connectivity index (χ0) is 9.68. The second-order valence-corrected chi connectivity index (χ2v) is 2.76. The van der Waals surface area contributed by atoms with Gasteiger partial charge in [-0.05, 0) is 11.6 Å². The fraction of sp³-hybridized carbons (Fsp3) is 0.444. The van der Waals surface area contributed by atoms with Gasteiger partial charge in [0.25, 0.3) is 0 Å². The second kappa shape index (κ2) is 4.91. The largest absolute Gasteiger partial charge is 0.387 e. The molecule has 0 saturated heterocycles. The Labute approximate surface area is 77.4 Å². The molecule has 0 radical (unpaired) electrons. The molecule has 0 aliphatic rings. The van der Waals surface area contributed by atoms with Crippen LogP contribution in [0.25, 0.3) is 0 Å². The lowest BCUT2D eigenvalue weighted by atomic mass is 10.1. The zero-order valence-electron chi connectivity index (χ0n) is 7.60. The molecule has 0 aromatic carbocycles. The molecule has 1 aromatic heterocycles. The standard InChI is InChI=1S/C9H14N2O2/c1-13-6-7-5-11-3-2-8(7)9(12)4-10/h2-3,5,9,12H,4,6,10H2,1H3. The summed E-state index contributed by atoms with van der Waals surface area (Å²) in [6.07, 6.45) is 2.68. The summed E-state index contributed by atoms with van der Waals surface area (Å²) in [6.45, 7) is 0.654. The van der Waals surface area contributed by atoms with Crippen molar-refractivity contribution in [3.05, 3.63) is 29.6 Å². The number of aromatic nitrogens is 1. The Kier molecular flexibility index (Phi) is 3.82. The van der Waals surface area contributed by atoms with Crippen molar-refractivity contribution in [1.29, 1.82) is 0 Å². The summed E-state index contributed by atoms with van der Waals surface area (Å²) in [7, 11) is 1.60. The highest BCUT2D eigenvalue weighted by atomic mass is 16.5. The maximum absolute atomic E-state index is 9.53. The van der Waals surface area contributed by atoms with Gasteiger partial charge in [0.05, 0.1) is 12.7 Å². The average Bonchev–Trinajstić information content (AvgIpc) is 2.18. The van der Waals surface area contributed by atoms with Crippen molar-refractivity contribution in [2.45, 2.75) is 12.7 Å². The summed E-state index contributed by atoms with van der Waals surface area (Å²) < 4.78 is 4.97. The third-order valence-electron chi connectivity index (χ3n) is 1.82. The SMILES string of the molecule is COCc1cnccc1C(O)CN. The molecular formula is C9H14N2O2. The predicted octanol–water partition coefficient (Wildman–Crippen LogP) is 0.220. The maximum atomic E-state index is 9.53. The van der Waals surface area contributed by atoms with E-state index >= 15 is 0 Å². The molecule has 13 heavy (non-hydrogen) atoms. The normalized spacial score (nSPS) is 12.8. The van der Waals surface area contributed by atoms with Gasteiger partial charge in [0.2, 0.25) is 0 Å². The number of hydrogen-bond acceptors (Lipinski definition) is 4. The van der Waals surface area contributed by atoms with Crippen LogP contribution in [-0.2, 0) is 11.3 Å². The van der Waals surface area contributed by atoms with Crippen LogP contribution in [0.2, 0.25) is 0 Å². The molecule has 4 nitrogen and oxygen atoms in total. The fourth-order valence-electron chi connectivity index (χ4n) is 1.17. The first-order valence-electron chi connectivity index (χ1n) is 4.09. The van der Waals surface area contributed by atoms with Crippen LogP contribution < -0.4 is 5.73 Å². The van der Waals surface area contributed by atoms with E-state index in [9.17, 15) is 5.11 Å². The predicted molar refractivity (Wildman–Crippen MR) is 49.0 cm³/mol. The highest BCUT2D eigenvalue weighted by molar-refractivity contribution is 5.25. The van der Waals surface area contributed by atoms with Crippen molar-refractivity contribution in [3.8, 4) is 0 Å². The minimum Gasteiger partial charge on any atom is -0.387 e. The number of hydrogen-bond donors (Lipinski definition) is 2. The lowest BCUT2D eigenvalue weighted by Crippen LogP contribution is -2.13. The van der Waals surface area contributed by atoms with Crippen LogP contribution >= 0.6 is 0 Å². The van der Waals surface area contributed by atoms with E-state index in [0.29, 0.717) is 6.61 Å². The molecule has 0 saturated carbocycles. The molecular weight excluding hydrogens is 168 g/mol. The fourth-order valence-corrected chi connectivity index (χ4v) is 1.17. The third kappa shape index (κ3) is 2.48. The Morgan fingerprint density at radius 1 is 1.69 bits per heavy atom. The average molecular weight is 182 g/mol. The van der Waals surface area contributed by atoms with Gasteiger partial charge >= 0.3 is 0 Å². The number of aliphatic hydroxyl groups is 1. The molecule has 1 rings (SSSR count). The Hall–Kier alpha value is -0.970. The lowest BCUT2D eigenvalue weighted by molar-refractivity contribution is 0.165. The van der Waals surface area contributed by atoms with Crippen LogP contribution in [0, 0.1) is 0 Å². The van der Waals surface area contributed by atoms with Crippen molar-refractivity contribution in [1.82, 2.24) is 4.98 Å². The van der Waals surface area contributed by atoms with Gasteiger partial charge in [0, 0.05) is 31.6 Å². The van der Waals surface area contributed by atoms with Crippen molar-refractivity contribution in [2.75, 3.05) is 13.7 Å². The van der Waals surface area contributed by atoms with E-state index in [1.165, 1.54) is 0 Å². The highest BCUT2D eigenvalue weighted by Crippen LogP contribution is 2.16. The van der Waals surface area contributed by atoms with E-state index in [-0.39, 0.29) is 6.54 Å². The number of pyridine rings is 1. The first-order chi connectivity index (χ1) is 6.29. The van der Waals surface area contributed by atoms with Crippen LogP contribution in [-0.4, -0.2) is 23.7 Å². The Morgan fingerprint density at radius 3 is 3.08 bits per heavy atom. The summed E-state index contributed by atoms with van der Waals surface area (Å²) in [5.74, 6) is 0. The van der Waals surface area contributed by atoms with Crippen molar-refractivity contribution < 1.29 is 9.84 Å². The van der Waals surface area contributed by atoms with Crippen molar-refractivity contribution in [2.24, 2.45) is 5.73 Å². The number of aliphatic hydroxyl groups excluding tert-OH is 1. The molecule has 1 atom stereocenters. The quantitative estimate of drug-likeness (QED) is 0.699. The Morgan fingerprint density at radius 2 is 2.46 bits per heavy atom. The maximum Gasteiger partial charge on any atom is 0.0916 e. The van der Waals surface area contributed by atoms with Gasteiger partial charge in [0.1, 0.15) is 0 Å². The van der Waals surface area contributed by atoms with Crippen LogP contribution in [0.15, 0.2) is 18.5 Å². The van der Waals surface area contributed by atoms with Crippen LogP contribution in [0.1, 0.15) is 17.2 Å². The molecule has 4 heteroatoms. The van der Waals surface area contributed by atoms with E-state index in [4.69, 9.17) is 10.5 Å². The summed E-state index contributed by atoms with van der Waals surface area (Å²) in [5, 5.41) is 9.53. The van der Waals surface area contributed by atoms with Gasteiger partial charge < -0.3 is 15.6 Å². The molecule has 3 N–H and O–H groups in total. The molecule has 0 amide bonds. The summed E-state index contributed by atoms with van der Waals surface area (Å²) in [6, 6.07) is 1.76. The molecule has 1 heterocycles. The molecule has 1 unspecified atom stereocenters. The number of methoxy groups -OCH3 is 1. The van der Waals surface area contributed by atoms with Gasteiger partial charge in [0.15, 0.2) is 0 Å². The number of nitrogens with two attached hydrogens (primary N) is 1. The van der Waals surface area contributed by atoms with Crippen LogP contribution in [0.5, 0.6) is 0 Å². The first-order valence-corrected chi connectivity index (χ1v) is 4.09. The van der Waals surface area contributed by atoms with Gasteiger partial charge in [-0.15, -0.1) is 0 Å². The van der Waals surface area contributed by atoms with E-state index in [2.05, 4.69) is 4.98 Å². The van der Waals surface area contributed by atoms with Gasteiger partial charge in [-0.25, -0.2) is 0 Å². The van der Waals surface area contributed by atoms with Gasteiger partial charge in [-0.2, -0.15) is 0 Å². The number of nitrogens with zero attached hydrogens (tertiary/aromatic N) is 1. The summed E-state index contributed by atoms with van der Waals surface area (Å²) >= 11 is 0. The molecule has 0 bridgehead atoms. The molecule has 0 aliphatic carbocycles. The van der Waals surface area contributed by atoms with E-state index in [1.807, 2.05) is 0 Å². The first kappa shape index (κ1) is 10.1. The van der Waals surface area contributed by atoms with E-state index < -0.39 is 6.10 Å². The summed E-state index contributed by atoms with van der Waals surface area (Å²) in [4.78, 5) is 3.95. The van der Waals surface area contributed by atoms with Gasteiger partial charge in [-0.1, -0.05) is 0 Å². The Balaban J connectivity index is 2.90. The van der Waals surface area contributed by atoms with Crippen LogP contribution in [0.3, 0.4) is 0 Å². The van der Waals surface area contributed by atoms with Crippen LogP contribution in [0.4, 0.5) is 0 Å². The van der Waals surface area contributed by atoms with E-state index in [1.54, 1.807) is 25.6 Å².